The van der Waals surface area contributed by atoms with Crippen LogP contribution in [0.1, 0.15) is 53.8 Å². The number of hydrogen-bond acceptors (Lipinski definition) is 4. The van der Waals surface area contributed by atoms with Gasteiger partial charge in [-0.3, -0.25) is 14.9 Å². The molecular weight excluding hydrogens is 300 g/mol. The Bertz CT molecular complexity index is 609. The Balaban J connectivity index is 2.41. The van der Waals surface area contributed by atoms with Crippen molar-refractivity contribution in [3.8, 4) is 0 Å². The Morgan fingerprint density at radius 1 is 1.26 bits per heavy atom. The fraction of sp³-hybridized carbons (Fsp3) is 0.500. The summed E-state index contributed by atoms with van der Waals surface area (Å²) in [5, 5.41) is 20.1. The first kappa shape index (κ1) is 16.9. The molecule has 2 rings (SSSR count). The Hall–Kier alpha value is -2.44. The van der Waals surface area contributed by atoms with Gasteiger partial charge >= 0.3 is 5.97 Å². The average Bonchev–Trinajstić information content (AvgIpc) is 2.53. The van der Waals surface area contributed by atoms with Crippen molar-refractivity contribution in [3.63, 3.8) is 0 Å². The lowest BCUT2D eigenvalue weighted by Crippen LogP contribution is -2.46. The average molecular weight is 320 g/mol. The number of nitrogens with zero attached hydrogens (tertiary/aromatic N) is 2. The number of benzene rings is 1. The molecule has 7 heteroatoms. The van der Waals surface area contributed by atoms with Crippen LogP contribution in [0.5, 0.6) is 0 Å². The Morgan fingerprint density at radius 3 is 2.48 bits per heavy atom. The van der Waals surface area contributed by atoms with Crippen molar-refractivity contribution in [2.24, 2.45) is 5.92 Å². The maximum Gasteiger partial charge on any atom is 0.335 e. The molecule has 1 amide bonds. The van der Waals surface area contributed by atoms with Gasteiger partial charge in [0.15, 0.2) is 0 Å². The molecule has 0 radical (unpaired) electrons. The van der Waals surface area contributed by atoms with Crippen LogP contribution in [0.15, 0.2) is 18.2 Å². The number of nitro benzene ring substituents is 1. The largest absolute Gasteiger partial charge is 0.478 e. The van der Waals surface area contributed by atoms with Crippen molar-refractivity contribution in [2.75, 3.05) is 6.54 Å². The van der Waals surface area contributed by atoms with Gasteiger partial charge in [-0.25, -0.2) is 4.79 Å². The molecule has 0 spiro atoms. The standard InChI is InChI=1S/C16H20N2O5/c1-10(2)14-5-3-4-6-17(14)15(19)11-7-12(16(20)21)9-13(8-11)18(22)23/h7-10,14H,3-6H2,1-2H3,(H,20,21). The summed E-state index contributed by atoms with van der Waals surface area (Å²) in [7, 11) is 0. The van der Waals surface area contributed by atoms with Crippen LogP contribution in [0.4, 0.5) is 5.69 Å². The number of carbonyl (C=O) groups is 2. The monoisotopic (exact) mass is 320 g/mol. The molecule has 1 aliphatic rings. The third-order valence-corrected chi connectivity index (χ3v) is 4.20. The van der Waals surface area contributed by atoms with Crippen molar-refractivity contribution < 1.29 is 19.6 Å². The van der Waals surface area contributed by atoms with Gasteiger partial charge in [0.05, 0.1) is 10.5 Å². The molecule has 0 saturated carbocycles. The van der Waals surface area contributed by atoms with Crippen molar-refractivity contribution in [3.05, 3.63) is 39.4 Å². The molecule has 0 aliphatic carbocycles. The van der Waals surface area contributed by atoms with Gasteiger partial charge < -0.3 is 10.0 Å². The number of aromatic carboxylic acids is 1. The number of likely N-dealkylation sites (tertiary alicyclic amines) is 1. The first-order valence-corrected chi connectivity index (χ1v) is 7.65. The third kappa shape index (κ3) is 3.67. The molecular formula is C16H20N2O5. The highest BCUT2D eigenvalue weighted by Crippen LogP contribution is 2.26. The molecule has 1 aromatic carbocycles. The minimum atomic E-state index is -1.29. The first-order chi connectivity index (χ1) is 10.8. The van der Waals surface area contributed by atoms with Crippen molar-refractivity contribution in [1.82, 2.24) is 4.90 Å². The van der Waals surface area contributed by atoms with Gasteiger partial charge in [0.25, 0.3) is 11.6 Å². The second-order valence-electron chi connectivity index (χ2n) is 6.14. The van der Waals surface area contributed by atoms with E-state index in [-0.39, 0.29) is 34.7 Å². The molecule has 1 heterocycles. The summed E-state index contributed by atoms with van der Waals surface area (Å²) in [6.07, 6.45) is 2.82. The van der Waals surface area contributed by atoms with Gasteiger partial charge in [-0.2, -0.15) is 0 Å². The molecule has 23 heavy (non-hydrogen) atoms. The van der Waals surface area contributed by atoms with E-state index in [2.05, 4.69) is 0 Å². The lowest BCUT2D eigenvalue weighted by atomic mass is 9.92. The smallest absolute Gasteiger partial charge is 0.335 e. The number of amides is 1. The number of non-ortho nitro benzene ring substituents is 1. The zero-order valence-electron chi connectivity index (χ0n) is 13.2. The van der Waals surface area contributed by atoms with E-state index in [1.54, 1.807) is 4.90 Å². The molecule has 1 aliphatic heterocycles. The quantitative estimate of drug-likeness (QED) is 0.679. The van der Waals surface area contributed by atoms with E-state index in [1.165, 1.54) is 6.07 Å². The Kier molecular flexibility index (Phi) is 4.98. The van der Waals surface area contributed by atoms with Gasteiger partial charge in [-0.1, -0.05) is 13.8 Å². The lowest BCUT2D eigenvalue weighted by molar-refractivity contribution is -0.384. The SMILES string of the molecule is CC(C)C1CCCCN1C(=O)c1cc(C(=O)O)cc([N+](=O)[O-])c1. The van der Waals surface area contributed by atoms with E-state index in [0.717, 1.165) is 31.4 Å². The van der Waals surface area contributed by atoms with Crippen molar-refractivity contribution >= 4 is 17.6 Å². The third-order valence-electron chi connectivity index (χ3n) is 4.20. The number of nitro groups is 1. The minimum absolute atomic E-state index is 0.0594. The topological polar surface area (TPSA) is 101 Å². The maximum atomic E-state index is 12.8. The highest BCUT2D eigenvalue weighted by atomic mass is 16.6. The number of carbonyl (C=O) groups excluding carboxylic acids is 1. The van der Waals surface area contributed by atoms with Gasteiger partial charge in [0, 0.05) is 30.3 Å². The van der Waals surface area contributed by atoms with E-state index in [0.29, 0.717) is 6.54 Å². The summed E-state index contributed by atoms with van der Waals surface area (Å²) < 4.78 is 0. The van der Waals surface area contributed by atoms with Crippen LogP contribution in [0.25, 0.3) is 0 Å². The second kappa shape index (κ2) is 6.76. The van der Waals surface area contributed by atoms with Crippen LogP contribution in [0.2, 0.25) is 0 Å². The normalized spacial score (nSPS) is 18.0. The zero-order chi connectivity index (χ0) is 17.1. The molecule has 0 aromatic heterocycles. The predicted molar refractivity (Wildman–Crippen MR) is 83.6 cm³/mol. The number of rotatable bonds is 4. The summed E-state index contributed by atoms with van der Waals surface area (Å²) in [4.78, 5) is 36.0. The summed E-state index contributed by atoms with van der Waals surface area (Å²) in [6, 6.07) is 3.41. The van der Waals surface area contributed by atoms with E-state index >= 15 is 0 Å². The minimum Gasteiger partial charge on any atom is -0.478 e. The van der Waals surface area contributed by atoms with Gasteiger partial charge in [0.2, 0.25) is 0 Å². The molecule has 0 bridgehead atoms. The Morgan fingerprint density at radius 2 is 1.91 bits per heavy atom. The molecule has 1 fully saturated rings. The molecule has 1 saturated heterocycles. The van der Waals surface area contributed by atoms with E-state index < -0.39 is 10.9 Å². The van der Waals surface area contributed by atoms with Crippen LogP contribution < -0.4 is 0 Å². The number of carboxylic acid groups (broad SMARTS) is 1. The van der Waals surface area contributed by atoms with Gasteiger partial charge in [-0.15, -0.1) is 0 Å². The number of piperidine rings is 1. The Labute approximate surface area is 134 Å². The van der Waals surface area contributed by atoms with Gasteiger partial charge in [-0.05, 0) is 31.2 Å². The number of hydrogen-bond donors (Lipinski definition) is 1. The highest BCUT2D eigenvalue weighted by molar-refractivity contribution is 5.98. The van der Waals surface area contributed by atoms with E-state index in [9.17, 15) is 19.7 Å². The van der Waals surface area contributed by atoms with Crippen LogP contribution in [-0.4, -0.2) is 39.4 Å². The van der Waals surface area contributed by atoms with Crippen molar-refractivity contribution in [2.45, 2.75) is 39.2 Å². The van der Waals surface area contributed by atoms with Crippen LogP contribution >= 0.6 is 0 Å². The molecule has 124 valence electrons. The summed E-state index contributed by atoms with van der Waals surface area (Å²) in [5.41, 5.74) is -0.573. The summed E-state index contributed by atoms with van der Waals surface area (Å²) in [6.45, 7) is 4.66. The maximum absolute atomic E-state index is 12.8. The summed E-state index contributed by atoms with van der Waals surface area (Å²) >= 11 is 0. The van der Waals surface area contributed by atoms with Crippen LogP contribution in [0.3, 0.4) is 0 Å². The van der Waals surface area contributed by atoms with Crippen LogP contribution in [0, 0.1) is 16.0 Å². The van der Waals surface area contributed by atoms with Gasteiger partial charge in [0.1, 0.15) is 0 Å². The molecule has 7 nitrogen and oxygen atoms in total. The molecule has 1 atom stereocenters. The zero-order valence-corrected chi connectivity index (χ0v) is 13.2. The molecule has 1 aromatic rings. The summed E-state index contributed by atoms with van der Waals surface area (Å²) in [5.74, 6) is -1.35. The predicted octanol–water partition coefficient (Wildman–Crippen LogP) is 2.94. The molecule has 1 N–H and O–H groups in total. The lowest BCUT2D eigenvalue weighted by Gasteiger charge is -2.38. The molecule has 1 unspecified atom stereocenters. The fourth-order valence-electron chi connectivity index (χ4n) is 3.03. The van der Waals surface area contributed by atoms with Crippen LogP contribution in [-0.2, 0) is 0 Å². The fourth-order valence-corrected chi connectivity index (χ4v) is 3.03. The van der Waals surface area contributed by atoms with E-state index in [4.69, 9.17) is 5.11 Å². The van der Waals surface area contributed by atoms with Crippen molar-refractivity contribution in [1.29, 1.82) is 0 Å². The number of carboxylic acids is 1. The van der Waals surface area contributed by atoms with E-state index in [1.807, 2.05) is 13.8 Å². The highest BCUT2D eigenvalue weighted by Gasteiger charge is 2.30. The first-order valence-electron chi connectivity index (χ1n) is 7.65. The second-order valence-corrected chi connectivity index (χ2v) is 6.14.